The van der Waals surface area contributed by atoms with E-state index in [4.69, 9.17) is 0 Å². The molecule has 0 bridgehead atoms. The lowest BCUT2D eigenvalue weighted by atomic mass is 10.5. The molecule has 0 spiro atoms. The van der Waals surface area contributed by atoms with Crippen LogP contribution in [0.2, 0.25) is 0 Å². The lowest BCUT2D eigenvalue weighted by Gasteiger charge is -1.98. The van der Waals surface area contributed by atoms with Crippen LogP contribution in [0.25, 0.3) is 0 Å². The summed E-state index contributed by atoms with van der Waals surface area (Å²) in [5, 5.41) is 0. The Morgan fingerprint density at radius 2 is 2.22 bits per heavy atom. The molecular formula is C4HF3NS. The van der Waals surface area contributed by atoms with Crippen molar-refractivity contribution in [2.24, 2.45) is 0 Å². The minimum Gasteiger partial charge on any atom is -0.241 e. The first-order valence-electron chi connectivity index (χ1n) is 2.00. The predicted octanol–water partition coefficient (Wildman–Crippen LogP) is 1.96. The maximum atomic E-state index is 11.6. The van der Waals surface area contributed by atoms with Gasteiger partial charge in [-0.2, -0.15) is 13.2 Å². The molecule has 0 aliphatic rings. The lowest BCUT2D eigenvalue weighted by molar-refractivity contribution is -0.134. The van der Waals surface area contributed by atoms with Gasteiger partial charge in [0, 0.05) is 0 Å². The molecule has 0 aliphatic heterocycles. The van der Waals surface area contributed by atoms with E-state index in [0.717, 1.165) is 6.20 Å². The SMILES string of the molecule is FC(F)(F)c1cn[c]s1. The average Bonchev–Trinajstić information content (AvgIpc) is 2.08. The van der Waals surface area contributed by atoms with Crippen LogP contribution < -0.4 is 0 Å². The topological polar surface area (TPSA) is 12.9 Å². The zero-order valence-corrected chi connectivity index (χ0v) is 4.88. The zero-order valence-electron chi connectivity index (χ0n) is 4.07. The van der Waals surface area contributed by atoms with Crippen molar-refractivity contribution < 1.29 is 13.2 Å². The van der Waals surface area contributed by atoms with Gasteiger partial charge >= 0.3 is 6.18 Å². The second-order valence-corrected chi connectivity index (χ2v) is 2.14. The molecule has 0 N–H and O–H groups in total. The quantitative estimate of drug-likeness (QED) is 0.553. The van der Waals surface area contributed by atoms with Crippen molar-refractivity contribution >= 4 is 11.3 Å². The standard InChI is InChI=1S/C4HF3NS/c5-4(6,7)3-1-8-2-9-3/h1H. The highest BCUT2D eigenvalue weighted by atomic mass is 32.1. The number of thiazole rings is 1. The number of alkyl halides is 3. The van der Waals surface area contributed by atoms with Gasteiger partial charge in [0.05, 0.1) is 6.20 Å². The largest absolute Gasteiger partial charge is 0.427 e. The number of aromatic nitrogens is 1. The van der Waals surface area contributed by atoms with E-state index in [0.29, 0.717) is 11.3 Å². The zero-order chi connectivity index (χ0) is 6.91. The van der Waals surface area contributed by atoms with Crippen LogP contribution in [-0.2, 0) is 6.18 Å². The Balaban J connectivity index is 2.90. The smallest absolute Gasteiger partial charge is 0.241 e. The second kappa shape index (κ2) is 1.98. The number of halogens is 3. The molecule has 0 unspecified atom stereocenters. The molecule has 49 valence electrons. The van der Waals surface area contributed by atoms with E-state index in [9.17, 15) is 13.2 Å². The molecule has 0 saturated heterocycles. The van der Waals surface area contributed by atoms with Crippen molar-refractivity contribution in [1.82, 2.24) is 4.98 Å². The van der Waals surface area contributed by atoms with Crippen molar-refractivity contribution in [1.29, 1.82) is 0 Å². The highest BCUT2D eigenvalue weighted by Gasteiger charge is 2.32. The number of hydrogen-bond acceptors (Lipinski definition) is 2. The van der Waals surface area contributed by atoms with Crippen LogP contribution in [0, 0.1) is 5.51 Å². The van der Waals surface area contributed by atoms with Crippen molar-refractivity contribution in [3.05, 3.63) is 16.6 Å². The van der Waals surface area contributed by atoms with E-state index < -0.39 is 11.1 Å². The fourth-order valence-corrected chi connectivity index (χ4v) is 0.743. The van der Waals surface area contributed by atoms with Gasteiger partial charge in [-0.15, -0.1) is 11.3 Å². The fourth-order valence-electron chi connectivity index (χ4n) is 0.318. The highest BCUT2D eigenvalue weighted by Crippen LogP contribution is 2.31. The summed E-state index contributed by atoms with van der Waals surface area (Å²) < 4.78 is 34.7. The van der Waals surface area contributed by atoms with Gasteiger partial charge in [-0.25, -0.2) is 4.98 Å². The Kier molecular flexibility index (Phi) is 1.44. The molecule has 0 amide bonds. The summed E-state index contributed by atoms with van der Waals surface area (Å²) in [6, 6.07) is 0. The highest BCUT2D eigenvalue weighted by molar-refractivity contribution is 7.09. The molecule has 0 atom stereocenters. The van der Waals surface area contributed by atoms with Crippen molar-refractivity contribution in [3.8, 4) is 0 Å². The van der Waals surface area contributed by atoms with Crippen LogP contribution in [0.5, 0.6) is 0 Å². The first kappa shape index (κ1) is 6.54. The molecule has 9 heavy (non-hydrogen) atoms. The maximum absolute atomic E-state index is 11.6. The van der Waals surface area contributed by atoms with Crippen LogP contribution >= 0.6 is 11.3 Å². The molecule has 5 heteroatoms. The molecule has 1 nitrogen and oxygen atoms in total. The molecule has 1 aromatic rings. The summed E-state index contributed by atoms with van der Waals surface area (Å²) in [5.74, 6) is 0. The molecule has 1 aromatic heterocycles. The molecule has 1 rings (SSSR count). The third-order valence-corrected chi connectivity index (χ3v) is 1.42. The second-order valence-electron chi connectivity index (χ2n) is 1.31. The van der Waals surface area contributed by atoms with Crippen molar-refractivity contribution in [2.45, 2.75) is 6.18 Å². The molecule has 1 radical (unpaired) electrons. The van der Waals surface area contributed by atoms with E-state index in [2.05, 4.69) is 10.5 Å². The Morgan fingerprint density at radius 3 is 2.44 bits per heavy atom. The van der Waals surface area contributed by atoms with Gasteiger partial charge < -0.3 is 0 Å². The Bertz CT molecular complexity index is 178. The summed E-state index contributed by atoms with van der Waals surface area (Å²) in [6.45, 7) is 0. The molecular weight excluding hydrogens is 151 g/mol. The minimum absolute atomic E-state index is 0.469. The van der Waals surface area contributed by atoms with E-state index in [1.165, 1.54) is 0 Å². The molecule has 0 fully saturated rings. The van der Waals surface area contributed by atoms with Crippen LogP contribution in [0.3, 0.4) is 0 Å². The first-order valence-corrected chi connectivity index (χ1v) is 2.81. The lowest BCUT2D eigenvalue weighted by Crippen LogP contribution is -2.00. The minimum atomic E-state index is -4.25. The van der Waals surface area contributed by atoms with Crippen molar-refractivity contribution in [3.63, 3.8) is 0 Å². The van der Waals surface area contributed by atoms with E-state index in [1.54, 1.807) is 0 Å². The third-order valence-electron chi connectivity index (χ3n) is 0.669. The Labute approximate surface area is 53.2 Å². The summed E-state index contributed by atoms with van der Waals surface area (Å²) in [6.07, 6.45) is -3.50. The predicted molar refractivity (Wildman–Crippen MR) is 26.0 cm³/mol. The summed E-state index contributed by atoms with van der Waals surface area (Å²) in [5.41, 5.74) is 2.11. The van der Waals surface area contributed by atoms with Gasteiger partial charge in [-0.3, -0.25) is 0 Å². The van der Waals surface area contributed by atoms with Crippen LogP contribution in [0.4, 0.5) is 13.2 Å². The maximum Gasteiger partial charge on any atom is 0.427 e. The van der Waals surface area contributed by atoms with Gasteiger partial charge in [-0.05, 0) is 0 Å². The molecule has 0 saturated carbocycles. The van der Waals surface area contributed by atoms with Crippen molar-refractivity contribution in [2.75, 3.05) is 0 Å². The molecule has 1 heterocycles. The van der Waals surface area contributed by atoms with E-state index in [1.807, 2.05) is 0 Å². The third kappa shape index (κ3) is 1.41. The van der Waals surface area contributed by atoms with Gasteiger partial charge in [0.15, 0.2) is 5.51 Å². The van der Waals surface area contributed by atoms with E-state index in [-0.39, 0.29) is 0 Å². The van der Waals surface area contributed by atoms with Gasteiger partial charge in [0.1, 0.15) is 4.88 Å². The van der Waals surface area contributed by atoms with E-state index >= 15 is 0 Å². The number of rotatable bonds is 0. The normalized spacial score (nSPS) is 11.9. The first-order chi connectivity index (χ1) is 4.11. The van der Waals surface area contributed by atoms with Gasteiger partial charge in [0.2, 0.25) is 0 Å². The summed E-state index contributed by atoms with van der Waals surface area (Å²) in [7, 11) is 0. The summed E-state index contributed by atoms with van der Waals surface area (Å²) >= 11 is 0.469. The molecule has 0 aliphatic carbocycles. The van der Waals surface area contributed by atoms with Crippen LogP contribution in [-0.4, -0.2) is 4.98 Å². The monoisotopic (exact) mass is 152 g/mol. The molecule has 0 aromatic carbocycles. The van der Waals surface area contributed by atoms with Gasteiger partial charge in [0.25, 0.3) is 0 Å². The van der Waals surface area contributed by atoms with Crippen LogP contribution in [0.1, 0.15) is 4.88 Å². The van der Waals surface area contributed by atoms with Gasteiger partial charge in [-0.1, -0.05) is 0 Å². The average molecular weight is 152 g/mol. The van der Waals surface area contributed by atoms with Crippen LogP contribution in [0.15, 0.2) is 6.20 Å². The number of hydrogen-bond donors (Lipinski definition) is 0. The number of nitrogens with zero attached hydrogens (tertiary/aromatic N) is 1. The summed E-state index contributed by atoms with van der Waals surface area (Å²) in [4.78, 5) is 2.46. The Hall–Kier alpha value is -0.580. The fraction of sp³-hybridized carbons (Fsp3) is 0.250. The Morgan fingerprint density at radius 1 is 1.56 bits per heavy atom.